The Kier molecular flexibility index (Phi) is 1.74. The summed E-state index contributed by atoms with van der Waals surface area (Å²) >= 11 is 0. The quantitative estimate of drug-likeness (QED) is 0.538. The summed E-state index contributed by atoms with van der Waals surface area (Å²) in [6.07, 6.45) is 1.42. The van der Waals surface area contributed by atoms with E-state index in [-0.39, 0.29) is 0 Å². The van der Waals surface area contributed by atoms with Gasteiger partial charge < -0.3 is 0 Å². The standard InChI is InChI=1S/C10H4N7/c11-4-6-5-13-17-9-3-7(14-12)1-2-8(9)15-16-10(6)17/h1-3,5H/q+1. The number of hydrogen-bond acceptors (Lipinski definition) is 5. The highest BCUT2D eigenvalue weighted by molar-refractivity contribution is 5.81. The molecule has 0 aliphatic rings. The summed E-state index contributed by atoms with van der Waals surface area (Å²) in [5.74, 6) is 0. The van der Waals surface area contributed by atoms with Gasteiger partial charge >= 0.3 is 5.69 Å². The Morgan fingerprint density at radius 1 is 1.29 bits per heavy atom. The monoisotopic (exact) mass is 222 g/mol. The minimum Gasteiger partial charge on any atom is -0.210 e. The van der Waals surface area contributed by atoms with E-state index in [1.807, 2.05) is 6.07 Å². The molecule has 0 radical (unpaired) electrons. The molecule has 78 valence electrons. The molecule has 2 heterocycles. The highest BCUT2D eigenvalue weighted by atomic mass is 15.3. The Hall–Kier alpha value is -3.06. The lowest BCUT2D eigenvalue weighted by Crippen LogP contribution is -1.96. The van der Waals surface area contributed by atoms with Crippen molar-refractivity contribution >= 4 is 22.4 Å². The van der Waals surface area contributed by atoms with Gasteiger partial charge in [0.25, 0.3) is 0 Å². The minimum absolute atomic E-state index is 0.353. The van der Waals surface area contributed by atoms with E-state index in [1.165, 1.54) is 10.7 Å². The van der Waals surface area contributed by atoms with Gasteiger partial charge in [-0.1, -0.05) is 0 Å². The van der Waals surface area contributed by atoms with Crippen LogP contribution in [0, 0.1) is 16.7 Å². The Labute approximate surface area is 94.5 Å². The fraction of sp³-hybridized carbons (Fsp3) is 0. The molecule has 0 amide bonds. The molecule has 0 unspecified atom stereocenters. The summed E-state index contributed by atoms with van der Waals surface area (Å²) < 4.78 is 1.50. The predicted octanol–water partition coefficient (Wildman–Crippen LogP) is 1.63. The van der Waals surface area contributed by atoms with Gasteiger partial charge in [-0.05, 0) is 6.07 Å². The van der Waals surface area contributed by atoms with Crippen LogP contribution in [0.4, 0.5) is 5.69 Å². The van der Waals surface area contributed by atoms with Crippen LogP contribution < -0.4 is 0 Å². The molecule has 3 rings (SSSR count). The molecular weight excluding hydrogens is 218 g/mol. The summed E-state index contributed by atoms with van der Waals surface area (Å²) in [5.41, 5.74) is 2.37. The second-order valence-electron chi connectivity index (χ2n) is 3.38. The third kappa shape index (κ3) is 1.20. The van der Waals surface area contributed by atoms with Crippen molar-refractivity contribution in [3.8, 4) is 6.07 Å². The fourth-order valence-electron chi connectivity index (χ4n) is 1.62. The zero-order valence-corrected chi connectivity index (χ0v) is 8.44. The van der Waals surface area contributed by atoms with Gasteiger partial charge in [0.15, 0.2) is 10.6 Å². The third-order valence-electron chi connectivity index (χ3n) is 2.42. The van der Waals surface area contributed by atoms with Crippen molar-refractivity contribution in [1.82, 2.24) is 19.8 Å². The molecule has 17 heavy (non-hydrogen) atoms. The molecule has 0 bridgehead atoms. The highest BCUT2D eigenvalue weighted by Crippen LogP contribution is 2.20. The summed E-state index contributed by atoms with van der Waals surface area (Å²) in [4.78, 5) is 3.10. The zero-order chi connectivity index (χ0) is 11.8. The molecule has 0 fully saturated rings. The summed E-state index contributed by atoms with van der Waals surface area (Å²) in [5, 5.41) is 29.6. The van der Waals surface area contributed by atoms with Crippen LogP contribution in [0.15, 0.2) is 24.4 Å². The van der Waals surface area contributed by atoms with Crippen LogP contribution in [0.2, 0.25) is 0 Å². The molecule has 7 heteroatoms. The Morgan fingerprint density at radius 2 is 2.18 bits per heavy atom. The maximum absolute atomic E-state index is 8.87. The number of nitriles is 1. The lowest BCUT2D eigenvalue weighted by Gasteiger charge is -1.96. The number of benzene rings is 1. The number of diazo groups is 1. The molecule has 0 spiro atoms. The van der Waals surface area contributed by atoms with Gasteiger partial charge in [0.05, 0.1) is 12.3 Å². The highest BCUT2D eigenvalue weighted by Gasteiger charge is 2.12. The first-order valence-corrected chi connectivity index (χ1v) is 4.73. The van der Waals surface area contributed by atoms with Gasteiger partial charge in [-0.3, -0.25) is 0 Å². The SMILES string of the molecule is N#Cc1cnn2c1nnc1ccc([N+]#N)cc12. The lowest BCUT2D eigenvalue weighted by atomic mass is 10.3. The van der Waals surface area contributed by atoms with Crippen molar-refractivity contribution in [2.45, 2.75) is 0 Å². The van der Waals surface area contributed by atoms with Gasteiger partial charge in [0.2, 0.25) is 5.39 Å². The Morgan fingerprint density at radius 3 is 2.94 bits per heavy atom. The average Bonchev–Trinajstić information content (AvgIpc) is 2.81. The second kappa shape index (κ2) is 3.22. The van der Waals surface area contributed by atoms with Crippen LogP contribution >= 0.6 is 0 Å². The van der Waals surface area contributed by atoms with E-state index in [2.05, 4.69) is 20.3 Å². The summed E-state index contributed by atoms with van der Waals surface area (Å²) in [6, 6.07) is 6.88. The summed E-state index contributed by atoms with van der Waals surface area (Å²) in [7, 11) is 0. The fourth-order valence-corrected chi connectivity index (χ4v) is 1.62. The van der Waals surface area contributed by atoms with Crippen molar-refractivity contribution in [3.05, 3.63) is 34.9 Å². The van der Waals surface area contributed by atoms with E-state index in [1.54, 1.807) is 18.2 Å². The van der Waals surface area contributed by atoms with E-state index in [0.717, 1.165) is 0 Å². The van der Waals surface area contributed by atoms with Crippen molar-refractivity contribution in [3.63, 3.8) is 0 Å². The molecular formula is C10H4N7+. The Balaban J connectivity index is 2.51. The average molecular weight is 222 g/mol. The summed E-state index contributed by atoms with van der Waals surface area (Å²) in [6.45, 7) is 0. The number of hydrogen-bond donors (Lipinski definition) is 0. The zero-order valence-electron chi connectivity index (χ0n) is 8.44. The molecule has 0 aliphatic carbocycles. The molecule has 1 aromatic carbocycles. The lowest BCUT2D eigenvalue weighted by molar-refractivity contribution is 0.943. The maximum atomic E-state index is 8.87. The first-order valence-electron chi connectivity index (χ1n) is 4.73. The van der Waals surface area contributed by atoms with E-state index in [4.69, 9.17) is 10.7 Å². The van der Waals surface area contributed by atoms with E-state index >= 15 is 0 Å². The van der Waals surface area contributed by atoms with Crippen LogP contribution in [0.5, 0.6) is 0 Å². The van der Waals surface area contributed by atoms with Gasteiger partial charge in [-0.2, -0.15) is 10.4 Å². The molecule has 0 N–H and O–H groups in total. The van der Waals surface area contributed by atoms with Crippen LogP contribution in [-0.4, -0.2) is 19.8 Å². The number of aromatic nitrogens is 4. The topological polar surface area (TPSA) is 95.0 Å². The number of rotatable bonds is 0. The second-order valence-corrected chi connectivity index (χ2v) is 3.38. The van der Waals surface area contributed by atoms with Crippen LogP contribution in [-0.2, 0) is 0 Å². The van der Waals surface area contributed by atoms with Crippen molar-refractivity contribution in [2.24, 2.45) is 0 Å². The molecule has 2 aromatic heterocycles. The first-order chi connectivity index (χ1) is 8.33. The maximum Gasteiger partial charge on any atom is 0.387 e. The molecule has 0 saturated heterocycles. The van der Waals surface area contributed by atoms with Gasteiger partial charge in [0.1, 0.15) is 22.7 Å². The predicted molar refractivity (Wildman–Crippen MR) is 57.7 cm³/mol. The smallest absolute Gasteiger partial charge is 0.210 e. The van der Waals surface area contributed by atoms with Crippen molar-refractivity contribution in [2.75, 3.05) is 0 Å². The Bertz CT molecular complexity index is 818. The van der Waals surface area contributed by atoms with Gasteiger partial charge in [-0.25, -0.2) is 4.52 Å². The van der Waals surface area contributed by atoms with Crippen molar-refractivity contribution in [1.29, 1.82) is 10.7 Å². The molecule has 0 saturated carbocycles. The van der Waals surface area contributed by atoms with Gasteiger partial charge in [0, 0.05) is 6.07 Å². The number of nitrogens with zero attached hydrogens (tertiary/aromatic N) is 7. The van der Waals surface area contributed by atoms with Crippen LogP contribution in [0.1, 0.15) is 5.56 Å². The van der Waals surface area contributed by atoms with E-state index < -0.39 is 0 Å². The molecule has 3 aromatic rings. The normalized spacial score (nSPS) is 10.2. The third-order valence-corrected chi connectivity index (χ3v) is 2.42. The number of fused-ring (bicyclic) bond motifs is 3. The van der Waals surface area contributed by atoms with Gasteiger partial charge in [-0.15, -0.1) is 10.2 Å². The molecule has 7 nitrogen and oxygen atoms in total. The van der Waals surface area contributed by atoms with Crippen LogP contribution in [0.3, 0.4) is 0 Å². The molecule has 0 aliphatic heterocycles. The van der Waals surface area contributed by atoms with E-state index in [0.29, 0.717) is 27.9 Å². The molecule has 0 atom stereocenters. The van der Waals surface area contributed by atoms with Crippen LogP contribution in [0.25, 0.3) is 21.7 Å². The first kappa shape index (κ1) is 9.19. The largest absolute Gasteiger partial charge is 0.387 e. The van der Waals surface area contributed by atoms with Crippen molar-refractivity contribution < 1.29 is 0 Å². The minimum atomic E-state index is 0.353. The van der Waals surface area contributed by atoms with E-state index in [9.17, 15) is 0 Å².